The predicted molar refractivity (Wildman–Crippen MR) is 69.2 cm³/mol. The van der Waals surface area contributed by atoms with E-state index in [9.17, 15) is 4.79 Å². The fourth-order valence-electron chi connectivity index (χ4n) is 1.55. The van der Waals surface area contributed by atoms with Crippen LogP contribution >= 0.6 is 0 Å². The minimum atomic E-state index is -0.198. The lowest BCUT2D eigenvalue weighted by Gasteiger charge is -2.05. The summed E-state index contributed by atoms with van der Waals surface area (Å²) in [6.45, 7) is 0.619. The molecule has 18 heavy (non-hydrogen) atoms. The van der Waals surface area contributed by atoms with Crippen LogP contribution in [0.25, 0.3) is 0 Å². The molecule has 1 aromatic heterocycles. The summed E-state index contributed by atoms with van der Waals surface area (Å²) < 4.78 is 0. The van der Waals surface area contributed by atoms with E-state index < -0.39 is 0 Å². The van der Waals surface area contributed by atoms with Gasteiger partial charge in [0.2, 0.25) is 0 Å². The van der Waals surface area contributed by atoms with E-state index >= 15 is 0 Å². The van der Waals surface area contributed by atoms with Crippen molar-refractivity contribution in [2.75, 3.05) is 11.9 Å². The van der Waals surface area contributed by atoms with Crippen molar-refractivity contribution in [3.05, 3.63) is 53.9 Å². The standard InChI is InChI=1S/C13H14N4O/c14-7-5-10-1-3-12(4-2-10)17-13(18)11-6-8-15-16-9-11/h1-4,6,8-9H,5,7,14H2,(H,17,18). The molecule has 0 atom stereocenters. The van der Waals surface area contributed by atoms with Gasteiger partial charge < -0.3 is 11.1 Å². The van der Waals surface area contributed by atoms with Gasteiger partial charge in [0.25, 0.3) is 5.91 Å². The lowest BCUT2D eigenvalue weighted by atomic mass is 10.1. The number of aromatic nitrogens is 2. The Bertz CT molecular complexity index is 510. The molecule has 0 aliphatic heterocycles. The molecule has 0 unspecified atom stereocenters. The normalized spacial score (nSPS) is 10.1. The lowest BCUT2D eigenvalue weighted by molar-refractivity contribution is 0.102. The van der Waals surface area contributed by atoms with Gasteiger partial charge in [0.05, 0.1) is 18.0 Å². The number of carbonyl (C=O) groups is 1. The Balaban J connectivity index is 2.03. The maximum atomic E-state index is 11.8. The lowest BCUT2D eigenvalue weighted by Crippen LogP contribution is -2.12. The third kappa shape index (κ3) is 3.11. The molecular formula is C13H14N4O. The molecule has 92 valence electrons. The highest BCUT2D eigenvalue weighted by atomic mass is 16.1. The van der Waals surface area contributed by atoms with Crippen LogP contribution in [0.4, 0.5) is 5.69 Å². The monoisotopic (exact) mass is 242 g/mol. The third-order valence-corrected chi connectivity index (χ3v) is 2.49. The fraction of sp³-hybridized carbons (Fsp3) is 0.154. The zero-order chi connectivity index (χ0) is 12.8. The summed E-state index contributed by atoms with van der Waals surface area (Å²) in [6.07, 6.45) is 3.75. The van der Waals surface area contributed by atoms with Gasteiger partial charge >= 0.3 is 0 Å². The summed E-state index contributed by atoms with van der Waals surface area (Å²) in [7, 11) is 0. The molecule has 0 aliphatic rings. The predicted octanol–water partition coefficient (Wildman–Crippen LogP) is 1.23. The zero-order valence-corrected chi connectivity index (χ0v) is 9.84. The van der Waals surface area contributed by atoms with E-state index in [0.29, 0.717) is 12.1 Å². The average molecular weight is 242 g/mol. The Labute approximate surface area is 105 Å². The van der Waals surface area contributed by atoms with Crippen molar-refractivity contribution < 1.29 is 4.79 Å². The van der Waals surface area contributed by atoms with Crippen molar-refractivity contribution in [3.63, 3.8) is 0 Å². The molecule has 0 saturated heterocycles. The second-order valence-corrected chi connectivity index (χ2v) is 3.82. The van der Waals surface area contributed by atoms with E-state index in [1.807, 2.05) is 24.3 Å². The molecule has 0 bridgehead atoms. The van der Waals surface area contributed by atoms with E-state index in [4.69, 9.17) is 5.73 Å². The van der Waals surface area contributed by atoms with Crippen LogP contribution < -0.4 is 11.1 Å². The van der Waals surface area contributed by atoms with Crippen molar-refractivity contribution in [1.29, 1.82) is 0 Å². The van der Waals surface area contributed by atoms with Gasteiger partial charge in [0.15, 0.2) is 0 Å². The number of anilines is 1. The molecule has 1 aromatic carbocycles. The maximum absolute atomic E-state index is 11.8. The van der Waals surface area contributed by atoms with E-state index in [-0.39, 0.29) is 5.91 Å². The number of rotatable bonds is 4. The molecule has 2 rings (SSSR count). The minimum absolute atomic E-state index is 0.198. The number of nitrogens with two attached hydrogens (primary N) is 1. The number of hydrogen-bond donors (Lipinski definition) is 2. The topological polar surface area (TPSA) is 80.9 Å². The second-order valence-electron chi connectivity index (χ2n) is 3.82. The van der Waals surface area contributed by atoms with Gasteiger partial charge in [-0.15, -0.1) is 0 Å². The molecule has 2 aromatic rings. The zero-order valence-electron chi connectivity index (χ0n) is 9.84. The highest BCUT2D eigenvalue weighted by Crippen LogP contribution is 2.11. The molecule has 5 nitrogen and oxygen atoms in total. The summed E-state index contributed by atoms with van der Waals surface area (Å²) in [4.78, 5) is 11.8. The number of nitrogens with one attached hydrogen (secondary N) is 1. The van der Waals surface area contributed by atoms with Crippen LogP contribution in [-0.4, -0.2) is 22.6 Å². The average Bonchev–Trinajstić information content (AvgIpc) is 2.42. The van der Waals surface area contributed by atoms with Gasteiger partial charge in [-0.2, -0.15) is 10.2 Å². The molecule has 0 saturated carbocycles. The molecular weight excluding hydrogens is 228 g/mol. The van der Waals surface area contributed by atoms with Crippen molar-refractivity contribution in [1.82, 2.24) is 10.2 Å². The first-order chi connectivity index (χ1) is 8.79. The van der Waals surface area contributed by atoms with Crippen LogP contribution in [0.3, 0.4) is 0 Å². The van der Waals surface area contributed by atoms with Crippen LogP contribution in [0, 0.1) is 0 Å². The van der Waals surface area contributed by atoms with Crippen molar-refractivity contribution in [3.8, 4) is 0 Å². The van der Waals surface area contributed by atoms with Gasteiger partial charge in [-0.3, -0.25) is 4.79 Å². The van der Waals surface area contributed by atoms with E-state index in [0.717, 1.165) is 17.7 Å². The van der Waals surface area contributed by atoms with Gasteiger partial charge in [-0.1, -0.05) is 12.1 Å². The third-order valence-electron chi connectivity index (χ3n) is 2.49. The number of hydrogen-bond acceptors (Lipinski definition) is 4. The van der Waals surface area contributed by atoms with E-state index in [1.165, 1.54) is 12.4 Å². The molecule has 0 fully saturated rings. The summed E-state index contributed by atoms with van der Waals surface area (Å²) in [5.41, 5.74) is 7.86. The molecule has 5 heteroatoms. The first-order valence-electron chi connectivity index (χ1n) is 5.66. The molecule has 1 heterocycles. The van der Waals surface area contributed by atoms with Gasteiger partial charge in [-0.05, 0) is 36.7 Å². The summed E-state index contributed by atoms with van der Waals surface area (Å²) in [5, 5.41) is 10.1. The van der Waals surface area contributed by atoms with Gasteiger partial charge in [0, 0.05) is 5.69 Å². The van der Waals surface area contributed by atoms with Crippen molar-refractivity contribution >= 4 is 11.6 Å². The van der Waals surface area contributed by atoms with Crippen LogP contribution in [-0.2, 0) is 6.42 Å². The smallest absolute Gasteiger partial charge is 0.257 e. The van der Waals surface area contributed by atoms with Crippen molar-refractivity contribution in [2.24, 2.45) is 5.73 Å². The number of amides is 1. The van der Waals surface area contributed by atoms with Gasteiger partial charge in [0.1, 0.15) is 0 Å². The Morgan fingerprint density at radius 2 is 1.94 bits per heavy atom. The highest BCUT2D eigenvalue weighted by molar-refractivity contribution is 6.03. The molecule has 0 spiro atoms. The van der Waals surface area contributed by atoms with E-state index in [1.54, 1.807) is 6.07 Å². The quantitative estimate of drug-likeness (QED) is 0.845. The molecule has 1 amide bonds. The number of benzene rings is 1. The number of nitrogens with zero attached hydrogens (tertiary/aromatic N) is 2. The van der Waals surface area contributed by atoms with Crippen LogP contribution in [0.5, 0.6) is 0 Å². The van der Waals surface area contributed by atoms with Crippen LogP contribution in [0.15, 0.2) is 42.7 Å². The second kappa shape index (κ2) is 5.88. The molecule has 0 radical (unpaired) electrons. The Morgan fingerprint density at radius 1 is 1.17 bits per heavy atom. The van der Waals surface area contributed by atoms with Crippen LogP contribution in [0.1, 0.15) is 15.9 Å². The Kier molecular flexibility index (Phi) is 3.98. The summed E-state index contributed by atoms with van der Waals surface area (Å²) in [5.74, 6) is -0.198. The number of carbonyl (C=O) groups excluding carboxylic acids is 1. The Hall–Kier alpha value is -2.27. The largest absolute Gasteiger partial charge is 0.330 e. The summed E-state index contributed by atoms with van der Waals surface area (Å²) >= 11 is 0. The maximum Gasteiger partial charge on any atom is 0.257 e. The first kappa shape index (κ1) is 12.2. The van der Waals surface area contributed by atoms with E-state index in [2.05, 4.69) is 15.5 Å². The molecule has 3 N–H and O–H groups in total. The minimum Gasteiger partial charge on any atom is -0.330 e. The highest BCUT2D eigenvalue weighted by Gasteiger charge is 2.05. The van der Waals surface area contributed by atoms with Crippen LogP contribution in [0.2, 0.25) is 0 Å². The first-order valence-corrected chi connectivity index (χ1v) is 5.66. The van der Waals surface area contributed by atoms with Crippen molar-refractivity contribution in [2.45, 2.75) is 6.42 Å². The summed E-state index contributed by atoms with van der Waals surface area (Å²) in [6, 6.07) is 9.24. The Morgan fingerprint density at radius 3 is 2.56 bits per heavy atom. The molecule has 0 aliphatic carbocycles. The van der Waals surface area contributed by atoms with Gasteiger partial charge in [-0.25, -0.2) is 0 Å². The fourth-order valence-corrected chi connectivity index (χ4v) is 1.55. The SMILES string of the molecule is NCCc1ccc(NC(=O)c2ccnnc2)cc1.